The van der Waals surface area contributed by atoms with E-state index in [0.717, 1.165) is 35.4 Å². The molecule has 2 aliphatic heterocycles. The van der Waals surface area contributed by atoms with E-state index in [1.54, 1.807) is 10.4 Å². The Morgan fingerprint density at radius 2 is 1.66 bits per heavy atom. The van der Waals surface area contributed by atoms with Gasteiger partial charge in [-0.15, -0.1) is 0 Å². The SMILES string of the molecule is CCCCOc1ccc(N2CCN(S(=O)(=O)C3(C(=O)NO)CCN(C(=O)C4=Cc5ccccc5C4)CC3)CC2)cc1. The molecule has 41 heavy (non-hydrogen) atoms. The third-order valence-electron chi connectivity index (χ3n) is 8.45. The zero-order valence-corrected chi connectivity index (χ0v) is 24.2. The molecule has 220 valence electrons. The van der Waals surface area contributed by atoms with Crippen molar-refractivity contribution in [1.29, 1.82) is 0 Å². The molecule has 2 amide bonds. The number of fused-ring (bicyclic) bond motifs is 1. The van der Waals surface area contributed by atoms with Crippen molar-refractivity contribution >= 4 is 33.6 Å². The highest BCUT2D eigenvalue weighted by Crippen LogP contribution is 2.36. The maximum absolute atomic E-state index is 14.0. The number of hydrogen-bond acceptors (Lipinski definition) is 7. The highest BCUT2D eigenvalue weighted by Gasteiger charge is 2.55. The topological polar surface area (TPSA) is 119 Å². The van der Waals surface area contributed by atoms with Gasteiger partial charge < -0.3 is 14.5 Å². The lowest BCUT2D eigenvalue weighted by Gasteiger charge is -2.44. The van der Waals surface area contributed by atoms with E-state index in [1.807, 2.05) is 54.6 Å². The molecular weight excluding hydrogens is 544 g/mol. The number of ether oxygens (including phenoxy) is 1. The molecule has 0 bridgehead atoms. The Morgan fingerprint density at radius 1 is 0.976 bits per heavy atom. The van der Waals surface area contributed by atoms with Crippen LogP contribution in [-0.4, -0.2) is 85.3 Å². The number of unbranched alkanes of at least 4 members (excludes halogenated alkanes) is 1. The summed E-state index contributed by atoms with van der Waals surface area (Å²) in [6.45, 7) is 4.35. The van der Waals surface area contributed by atoms with Crippen molar-refractivity contribution in [2.24, 2.45) is 0 Å². The molecule has 2 N–H and O–H groups in total. The molecule has 2 saturated heterocycles. The minimum Gasteiger partial charge on any atom is -0.494 e. The van der Waals surface area contributed by atoms with Crippen molar-refractivity contribution in [2.45, 2.75) is 43.8 Å². The Morgan fingerprint density at radius 3 is 2.29 bits per heavy atom. The lowest BCUT2D eigenvalue weighted by molar-refractivity contribution is -0.136. The van der Waals surface area contributed by atoms with E-state index in [1.165, 1.54) is 4.31 Å². The number of carbonyl (C=O) groups excluding carboxylic acids is 2. The van der Waals surface area contributed by atoms with Crippen LogP contribution in [0, 0.1) is 0 Å². The molecule has 0 aromatic heterocycles. The third-order valence-corrected chi connectivity index (χ3v) is 11.1. The summed E-state index contributed by atoms with van der Waals surface area (Å²) in [6.07, 6.45) is 4.29. The van der Waals surface area contributed by atoms with Gasteiger partial charge in [-0.05, 0) is 60.7 Å². The summed E-state index contributed by atoms with van der Waals surface area (Å²) >= 11 is 0. The highest BCUT2D eigenvalue weighted by atomic mass is 32.2. The van der Waals surface area contributed by atoms with Crippen LogP contribution in [-0.2, 0) is 26.0 Å². The van der Waals surface area contributed by atoms with Crippen molar-refractivity contribution < 1.29 is 28.0 Å². The molecule has 0 saturated carbocycles. The summed E-state index contributed by atoms with van der Waals surface area (Å²) < 4.78 is 33.2. The predicted octanol–water partition coefficient (Wildman–Crippen LogP) is 2.82. The number of anilines is 1. The van der Waals surface area contributed by atoms with Crippen LogP contribution in [0.4, 0.5) is 5.69 Å². The number of carbonyl (C=O) groups is 2. The molecule has 0 radical (unpaired) electrons. The quantitative estimate of drug-likeness (QED) is 0.265. The van der Waals surface area contributed by atoms with Crippen LogP contribution in [0.1, 0.15) is 43.7 Å². The Kier molecular flexibility index (Phi) is 8.67. The summed E-state index contributed by atoms with van der Waals surface area (Å²) in [6, 6.07) is 15.6. The Labute approximate surface area is 241 Å². The second kappa shape index (κ2) is 12.2. The van der Waals surface area contributed by atoms with E-state index in [0.29, 0.717) is 31.7 Å². The second-order valence-electron chi connectivity index (χ2n) is 10.9. The largest absolute Gasteiger partial charge is 0.494 e. The summed E-state index contributed by atoms with van der Waals surface area (Å²) in [5.74, 6) is -0.288. The molecule has 5 rings (SSSR count). The van der Waals surface area contributed by atoms with E-state index < -0.39 is 20.7 Å². The number of rotatable bonds is 9. The van der Waals surface area contributed by atoms with Crippen molar-refractivity contribution in [3.05, 3.63) is 65.2 Å². The number of amides is 2. The first-order valence-electron chi connectivity index (χ1n) is 14.3. The second-order valence-corrected chi connectivity index (χ2v) is 13.1. The number of benzene rings is 2. The summed E-state index contributed by atoms with van der Waals surface area (Å²) in [7, 11) is -4.13. The van der Waals surface area contributed by atoms with Gasteiger partial charge in [0, 0.05) is 56.9 Å². The van der Waals surface area contributed by atoms with Gasteiger partial charge in [-0.2, -0.15) is 4.31 Å². The molecule has 2 heterocycles. The monoisotopic (exact) mass is 582 g/mol. The molecule has 1 aliphatic carbocycles. The Balaban J connectivity index is 1.22. The van der Waals surface area contributed by atoms with Gasteiger partial charge in [-0.3, -0.25) is 14.8 Å². The molecule has 3 aliphatic rings. The number of sulfonamides is 1. The van der Waals surface area contributed by atoms with Crippen LogP contribution in [0.25, 0.3) is 6.08 Å². The molecule has 2 fully saturated rings. The van der Waals surface area contributed by atoms with E-state index in [-0.39, 0.29) is 44.9 Å². The van der Waals surface area contributed by atoms with Crippen LogP contribution < -0.4 is 15.1 Å². The van der Waals surface area contributed by atoms with Crippen molar-refractivity contribution in [2.75, 3.05) is 50.8 Å². The van der Waals surface area contributed by atoms with E-state index in [2.05, 4.69) is 11.8 Å². The number of hydrogen-bond donors (Lipinski definition) is 2. The highest BCUT2D eigenvalue weighted by molar-refractivity contribution is 7.91. The Hall–Kier alpha value is -3.41. The van der Waals surface area contributed by atoms with Gasteiger partial charge in [0.1, 0.15) is 5.75 Å². The lowest BCUT2D eigenvalue weighted by Crippen LogP contribution is -2.64. The molecule has 0 spiro atoms. The number of hydroxylamine groups is 1. The Bertz CT molecular complexity index is 1390. The maximum atomic E-state index is 14.0. The number of piperazine rings is 1. The number of nitrogens with zero attached hydrogens (tertiary/aromatic N) is 3. The van der Waals surface area contributed by atoms with Gasteiger partial charge >= 0.3 is 0 Å². The fourth-order valence-corrected chi connectivity index (χ4v) is 8.03. The normalized spacial score (nSPS) is 18.9. The standard InChI is InChI=1S/C30H38N4O6S/c1-2-3-20-40-27-10-8-26(9-11-27)32-16-18-34(19-17-32)41(38,39)30(29(36)31-37)12-14-33(15-13-30)28(35)25-21-23-6-4-5-7-24(23)22-25/h4-11,21,37H,2-3,12-20,22H2,1H3,(H,31,36). The van der Waals surface area contributed by atoms with Crippen molar-refractivity contribution in [3.63, 3.8) is 0 Å². The number of nitrogens with one attached hydrogen (secondary N) is 1. The summed E-state index contributed by atoms with van der Waals surface area (Å²) in [5, 5.41) is 9.55. The van der Waals surface area contributed by atoms with Crippen molar-refractivity contribution in [3.8, 4) is 5.75 Å². The minimum absolute atomic E-state index is 0.0899. The fraction of sp³-hybridized carbons (Fsp3) is 0.467. The molecular formula is C30H38N4O6S. The summed E-state index contributed by atoms with van der Waals surface area (Å²) in [4.78, 5) is 30.0. The smallest absolute Gasteiger partial charge is 0.266 e. The van der Waals surface area contributed by atoms with E-state index >= 15 is 0 Å². The third kappa shape index (κ3) is 5.71. The minimum atomic E-state index is -4.13. The lowest BCUT2D eigenvalue weighted by atomic mass is 9.94. The molecule has 11 heteroatoms. The van der Waals surface area contributed by atoms with Gasteiger partial charge in [-0.25, -0.2) is 13.9 Å². The van der Waals surface area contributed by atoms with Crippen LogP contribution in [0.5, 0.6) is 5.75 Å². The average Bonchev–Trinajstić information content (AvgIpc) is 3.45. The number of piperidine rings is 1. The summed E-state index contributed by atoms with van der Waals surface area (Å²) in [5.41, 5.74) is 5.34. The average molecular weight is 583 g/mol. The van der Waals surface area contributed by atoms with Gasteiger partial charge in [0.05, 0.1) is 6.61 Å². The van der Waals surface area contributed by atoms with Crippen LogP contribution in [0.3, 0.4) is 0 Å². The van der Waals surface area contributed by atoms with E-state index in [4.69, 9.17) is 4.74 Å². The molecule has 2 aromatic rings. The van der Waals surface area contributed by atoms with Crippen LogP contribution >= 0.6 is 0 Å². The molecule has 0 atom stereocenters. The predicted molar refractivity (Wildman–Crippen MR) is 156 cm³/mol. The van der Waals surface area contributed by atoms with Gasteiger partial charge in [-0.1, -0.05) is 37.6 Å². The van der Waals surface area contributed by atoms with Crippen LogP contribution in [0.2, 0.25) is 0 Å². The van der Waals surface area contributed by atoms with Crippen molar-refractivity contribution in [1.82, 2.24) is 14.7 Å². The zero-order valence-electron chi connectivity index (χ0n) is 23.4. The zero-order chi connectivity index (χ0) is 29.0. The first-order chi connectivity index (χ1) is 19.8. The molecule has 0 unspecified atom stereocenters. The number of likely N-dealkylation sites (tertiary alicyclic amines) is 1. The van der Waals surface area contributed by atoms with E-state index in [9.17, 15) is 23.2 Å². The molecule has 10 nitrogen and oxygen atoms in total. The first kappa shape index (κ1) is 29.1. The van der Waals surface area contributed by atoms with Crippen LogP contribution in [0.15, 0.2) is 54.1 Å². The first-order valence-corrected chi connectivity index (χ1v) is 15.7. The fourth-order valence-electron chi connectivity index (χ4n) is 5.92. The van der Waals surface area contributed by atoms with Gasteiger partial charge in [0.15, 0.2) is 4.75 Å². The maximum Gasteiger partial charge on any atom is 0.266 e. The van der Waals surface area contributed by atoms with Gasteiger partial charge in [0.25, 0.3) is 5.91 Å². The molecule has 2 aromatic carbocycles. The van der Waals surface area contributed by atoms with Gasteiger partial charge in [0.2, 0.25) is 15.9 Å².